The second kappa shape index (κ2) is 7.92. The van der Waals surface area contributed by atoms with E-state index in [-0.39, 0.29) is 11.1 Å². The molecule has 0 spiro atoms. The molecule has 0 saturated heterocycles. The zero-order chi connectivity index (χ0) is 19.4. The Balaban J connectivity index is 2.02. The summed E-state index contributed by atoms with van der Waals surface area (Å²) in [4.78, 5) is 12.4. The highest BCUT2D eigenvalue weighted by atomic mass is 35.5. The first-order valence-corrected chi connectivity index (χ1v) is 8.97. The smallest absolute Gasteiger partial charge is 0.268 e. The minimum Gasteiger partial charge on any atom is -0.457 e. The Morgan fingerprint density at radius 1 is 1.15 bits per heavy atom. The molecule has 5 nitrogen and oxygen atoms in total. The van der Waals surface area contributed by atoms with Gasteiger partial charge in [-0.15, -0.1) is 11.3 Å². The Labute approximate surface area is 163 Å². The van der Waals surface area contributed by atoms with Crippen LogP contribution in [0.4, 0.5) is 0 Å². The third-order valence-corrected chi connectivity index (χ3v) is 5.11. The van der Waals surface area contributed by atoms with Crippen LogP contribution in [0.5, 0.6) is 11.5 Å². The maximum Gasteiger partial charge on any atom is 0.268 e. The van der Waals surface area contributed by atoms with Crippen molar-refractivity contribution in [2.24, 2.45) is 7.05 Å². The quantitative estimate of drug-likeness (QED) is 0.685. The fourth-order valence-corrected chi connectivity index (χ4v) is 3.53. The standard InChI is InChI=1S/C20H12ClN3O2S/c1-24-19(25)18(27-20(24)14(11-22)12-23)10-13-3-2-4-17(9-13)26-16-7-5-15(21)6-8-16/h2-10H,1H3/b18-10+. The predicted octanol–water partition coefficient (Wildman–Crippen LogP) is 2.92. The van der Waals surface area contributed by atoms with Crippen LogP contribution in [0.3, 0.4) is 0 Å². The highest BCUT2D eigenvalue weighted by molar-refractivity contribution is 7.07. The lowest BCUT2D eigenvalue weighted by atomic mass is 10.2. The van der Waals surface area contributed by atoms with Crippen LogP contribution < -0.4 is 19.5 Å². The number of rotatable bonds is 3. The van der Waals surface area contributed by atoms with Gasteiger partial charge in [0, 0.05) is 12.1 Å². The summed E-state index contributed by atoms with van der Waals surface area (Å²) in [5.41, 5.74) is 0.420. The van der Waals surface area contributed by atoms with Crippen LogP contribution in [0.15, 0.2) is 53.3 Å². The molecule has 0 unspecified atom stereocenters. The Kier molecular flexibility index (Phi) is 5.42. The molecular weight excluding hydrogens is 382 g/mol. The number of ether oxygens (including phenoxy) is 1. The van der Waals surface area contributed by atoms with Crippen molar-refractivity contribution in [2.75, 3.05) is 0 Å². The van der Waals surface area contributed by atoms with Gasteiger partial charge in [0.15, 0.2) is 5.57 Å². The first-order chi connectivity index (χ1) is 13.0. The van der Waals surface area contributed by atoms with Crippen molar-refractivity contribution in [1.29, 1.82) is 10.5 Å². The van der Waals surface area contributed by atoms with Gasteiger partial charge in [-0.25, -0.2) is 0 Å². The van der Waals surface area contributed by atoms with E-state index in [0.29, 0.717) is 25.7 Å². The fraction of sp³-hybridized carbons (Fsp3) is 0.0500. The molecule has 0 aliphatic rings. The predicted molar refractivity (Wildman–Crippen MR) is 105 cm³/mol. The van der Waals surface area contributed by atoms with Crippen LogP contribution in [0, 0.1) is 22.7 Å². The third kappa shape index (κ3) is 4.09. The fourth-order valence-electron chi connectivity index (χ4n) is 2.36. The lowest BCUT2D eigenvalue weighted by Crippen LogP contribution is -2.29. The number of aromatic nitrogens is 1. The van der Waals surface area contributed by atoms with Crippen molar-refractivity contribution in [3.8, 4) is 23.6 Å². The summed E-state index contributed by atoms with van der Waals surface area (Å²) < 4.78 is 7.87. The zero-order valence-electron chi connectivity index (χ0n) is 14.1. The molecule has 7 heteroatoms. The second-order valence-electron chi connectivity index (χ2n) is 5.51. The number of thiazole rings is 1. The molecule has 2 aromatic carbocycles. The number of halogens is 1. The Morgan fingerprint density at radius 2 is 1.85 bits per heavy atom. The lowest BCUT2D eigenvalue weighted by Gasteiger charge is -2.06. The Morgan fingerprint density at radius 3 is 2.52 bits per heavy atom. The van der Waals surface area contributed by atoms with E-state index in [1.54, 1.807) is 49.5 Å². The van der Waals surface area contributed by atoms with Crippen molar-refractivity contribution >= 4 is 34.6 Å². The summed E-state index contributed by atoms with van der Waals surface area (Å²) in [5.74, 6) is 1.26. The van der Waals surface area contributed by atoms with Crippen LogP contribution in [0.2, 0.25) is 5.02 Å². The monoisotopic (exact) mass is 393 g/mol. The van der Waals surface area contributed by atoms with E-state index >= 15 is 0 Å². The third-order valence-electron chi connectivity index (χ3n) is 3.67. The molecule has 132 valence electrons. The maximum atomic E-state index is 12.4. The molecule has 0 saturated carbocycles. The summed E-state index contributed by atoms with van der Waals surface area (Å²) >= 11 is 6.98. The molecule has 3 rings (SSSR count). The van der Waals surface area contributed by atoms with E-state index in [0.717, 1.165) is 16.9 Å². The molecule has 0 radical (unpaired) electrons. The topological polar surface area (TPSA) is 78.8 Å². The number of hydrogen-bond donors (Lipinski definition) is 0. The van der Waals surface area contributed by atoms with Gasteiger partial charge in [0.1, 0.15) is 28.3 Å². The zero-order valence-corrected chi connectivity index (χ0v) is 15.7. The highest BCUT2D eigenvalue weighted by Gasteiger charge is 2.06. The number of hydrogen-bond acceptors (Lipinski definition) is 5. The lowest BCUT2D eigenvalue weighted by molar-refractivity contribution is 0.482. The summed E-state index contributed by atoms with van der Waals surface area (Å²) in [6.07, 6.45) is 1.71. The molecule has 1 heterocycles. The van der Waals surface area contributed by atoms with Gasteiger partial charge in [-0.3, -0.25) is 4.79 Å². The van der Waals surface area contributed by atoms with Gasteiger partial charge in [0.2, 0.25) is 0 Å². The molecule has 1 aromatic heterocycles. The summed E-state index contributed by atoms with van der Waals surface area (Å²) in [6, 6.07) is 17.9. The molecule has 0 fully saturated rings. The molecule has 0 amide bonds. The Bertz CT molecular complexity index is 1240. The molecule has 0 aliphatic heterocycles. The van der Waals surface area contributed by atoms with Gasteiger partial charge < -0.3 is 9.30 Å². The first-order valence-electron chi connectivity index (χ1n) is 7.77. The van der Waals surface area contributed by atoms with E-state index in [1.165, 1.54) is 4.57 Å². The molecule has 0 N–H and O–H groups in total. The minimum absolute atomic E-state index is 0.0842. The van der Waals surface area contributed by atoms with E-state index in [1.807, 2.05) is 24.3 Å². The van der Waals surface area contributed by atoms with Crippen LogP contribution in [-0.2, 0) is 7.05 Å². The maximum absolute atomic E-state index is 12.4. The van der Waals surface area contributed by atoms with Crippen molar-refractivity contribution in [3.05, 3.63) is 78.7 Å². The normalized spacial score (nSPS) is 10.9. The largest absolute Gasteiger partial charge is 0.457 e. The molecule has 27 heavy (non-hydrogen) atoms. The van der Waals surface area contributed by atoms with E-state index < -0.39 is 0 Å². The molecule has 0 atom stereocenters. The molecule has 0 bridgehead atoms. The van der Waals surface area contributed by atoms with Crippen LogP contribution in [-0.4, -0.2) is 4.57 Å². The van der Waals surface area contributed by atoms with Crippen molar-refractivity contribution < 1.29 is 4.74 Å². The van der Waals surface area contributed by atoms with Crippen molar-refractivity contribution in [2.45, 2.75) is 0 Å². The molecular formula is C20H12ClN3O2S. The van der Waals surface area contributed by atoms with Gasteiger partial charge >= 0.3 is 0 Å². The average Bonchev–Trinajstić information content (AvgIpc) is 2.94. The molecule has 0 aliphatic carbocycles. The average molecular weight is 394 g/mol. The number of nitriles is 2. The van der Waals surface area contributed by atoms with Gasteiger partial charge in [-0.1, -0.05) is 23.7 Å². The Hall–Kier alpha value is -3.32. The first kappa shape index (κ1) is 18.5. The molecule has 3 aromatic rings. The summed E-state index contributed by atoms with van der Waals surface area (Å²) in [5, 5.41) is 18.7. The van der Waals surface area contributed by atoms with Gasteiger partial charge in [-0.05, 0) is 48.0 Å². The van der Waals surface area contributed by atoms with E-state index in [9.17, 15) is 4.79 Å². The van der Waals surface area contributed by atoms with E-state index in [2.05, 4.69) is 0 Å². The van der Waals surface area contributed by atoms with Crippen LogP contribution in [0.1, 0.15) is 5.56 Å². The van der Waals surface area contributed by atoms with Crippen molar-refractivity contribution in [1.82, 2.24) is 4.57 Å². The van der Waals surface area contributed by atoms with Crippen LogP contribution in [0.25, 0.3) is 11.6 Å². The number of benzene rings is 2. The van der Waals surface area contributed by atoms with Crippen molar-refractivity contribution in [3.63, 3.8) is 0 Å². The van der Waals surface area contributed by atoms with Gasteiger partial charge in [0.05, 0.1) is 4.53 Å². The second-order valence-corrected chi connectivity index (χ2v) is 6.97. The van der Waals surface area contributed by atoms with Crippen LogP contribution >= 0.6 is 22.9 Å². The van der Waals surface area contributed by atoms with Gasteiger partial charge in [-0.2, -0.15) is 10.5 Å². The SMILES string of the molecule is Cn1c(=C(C#N)C#N)s/c(=C/c2cccc(Oc3ccc(Cl)cc3)c2)c1=O. The number of nitrogens with zero attached hydrogens (tertiary/aromatic N) is 3. The summed E-state index contributed by atoms with van der Waals surface area (Å²) in [6.45, 7) is 0. The summed E-state index contributed by atoms with van der Waals surface area (Å²) in [7, 11) is 1.54. The minimum atomic E-state index is -0.262. The highest BCUT2D eigenvalue weighted by Crippen LogP contribution is 2.23. The van der Waals surface area contributed by atoms with Gasteiger partial charge in [0.25, 0.3) is 5.56 Å². The van der Waals surface area contributed by atoms with E-state index in [4.69, 9.17) is 26.9 Å².